The highest BCUT2D eigenvalue weighted by Gasteiger charge is 2.26. The summed E-state index contributed by atoms with van der Waals surface area (Å²) in [6, 6.07) is 15.7. The van der Waals surface area contributed by atoms with E-state index in [1.54, 1.807) is 7.11 Å². The van der Waals surface area contributed by atoms with E-state index in [0.717, 1.165) is 51.9 Å². The number of rotatable bonds is 8. The number of hydrogen-bond donors (Lipinski definition) is 1. The van der Waals surface area contributed by atoms with Gasteiger partial charge in [0.05, 0.1) is 31.0 Å². The summed E-state index contributed by atoms with van der Waals surface area (Å²) in [6.07, 6.45) is 5.51. The van der Waals surface area contributed by atoms with Crippen molar-refractivity contribution in [3.63, 3.8) is 0 Å². The molecule has 3 aromatic rings. The molecule has 0 spiro atoms. The van der Waals surface area contributed by atoms with Gasteiger partial charge in [-0.3, -0.25) is 9.59 Å². The molecule has 1 aliphatic rings. The largest absolute Gasteiger partial charge is 0.497 e. The lowest BCUT2D eigenvalue weighted by atomic mass is 10.00. The maximum atomic E-state index is 13.2. The van der Waals surface area contributed by atoms with Gasteiger partial charge in [-0.05, 0) is 66.7 Å². The standard InChI is InChI=1S/C27H28N2O4/c1-32-20-13-10-18(11-14-20)17-19-12-15-22-25(21-7-3-4-8-23(21)29-26(19)22)27(31)28-16-6-5-9-24(30)33-2/h3-4,7-8,10-11,13-14,17H,5-6,9,12,15-16H2,1-2H3,(H,28,31)/b19-17-. The first-order valence-corrected chi connectivity index (χ1v) is 11.2. The second-order valence-corrected chi connectivity index (χ2v) is 8.06. The summed E-state index contributed by atoms with van der Waals surface area (Å²) in [6.45, 7) is 0.510. The summed E-state index contributed by atoms with van der Waals surface area (Å²) in [7, 11) is 3.04. The van der Waals surface area contributed by atoms with E-state index < -0.39 is 0 Å². The number of nitrogens with zero attached hydrogens (tertiary/aromatic N) is 1. The average Bonchev–Trinajstić information content (AvgIpc) is 3.24. The van der Waals surface area contributed by atoms with Crippen molar-refractivity contribution in [1.82, 2.24) is 10.3 Å². The van der Waals surface area contributed by atoms with Gasteiger partial charge in [0, 0.05) is 18.4 Å². The van der Waals surface area contributed by atoms with E-state index in [-0.39, 0.29) is 11.9 Å². The second-order valence-electron chi connectivity index (χ2n) is 8.06. The van der Waals surface area contributed by atoms with Crippen LogP contribution in [0.2, 0.25) is 0 Å². The molecule has 0 aliphatic heterocycles. The van der Waals surface area contributed by atoms with Gasteiger partial charge in [0.25, 0.3) is 5.91 Å². The highest BCUT2D eigenvalue weighted by Crippen LogP contribution is 2.37. The first-order valence-electron chi connectivity index (χ1n) is 11.2. The van der Waals surface area contributed by atoms with Crippen molar-refractivity contribution in [2.75, 3.05) is 20.8 Å². The van der Waals surface area contributed by atoms with E-state index in [0.29, 0.717) is 31.4 Å². The molecule has 1 N–H and O–H groups in total. The normalized spacial score (nSPS) is 13.7. The Morgan fingerprint density at radius 3 is 2.58 bits per heavy atom. The number of esters is 1. The molecule has 0 radical (unpaired) electrons. The van der Waals surface area contributed by atoms with Crippen LogP contribution in [0.25, 0.3) is 22.6 Å². The summed E-state index contributed by atoms with van der Waals surface area (Å²) >= 11 is 0. The Hall–Kier alpha value is -3.67. The molecule has 1 aliphatic carbocycles. The molecule has 170 valence electrons. The van der Waals surface area contributed by atoms with Crippen LogP contribution in [0.3, 0.4) is 0 Å². The average molecular weight is 445 g/mol. The Morgan fingerprint density at radius 1 is 1.03 bits per heavy atom. The number of methoxy groups -OCH3 is 2. The van der Waals surface area contributed by atoms with E-state index in [1.165, 1.54) is 7.11 Å². The Kier molecular flexibility index (Phi) is 7.03. The minimum atomic E-state index is -0.226. The molecule has 6 nitrogen and oxygen atoms in total. The van der Waals surface area contributed by atoms with Gasteiger partial charge in [-0.25, -0.2) is 4.98 Å². The van der Waals surface area contributed by atoms with Gasteiger partial charge in [0.1, 0.15) is 5.75 Å². The highest BCUT2D eigenvalue weighted by atomic mass is 16.5. The number of ether oxygens (including phenoxy) is 2. The topological polar surface area (TPSA) is 77.5 Å². The minimum Gasteiger partial charge on any atom is -0.497 e. The number of benzene rings is 2. The van der Waals surface area contributed by atoms with E-state index >= 15 is 0 Å². The summed E-state index contributed by atoms with van der Waals surface area (Å²) in [5.74, 6) is 0.503. The number of carbonyl (C=O) groups excluding carboxylic acids is 2. The molecule has 1 aromatic heterocycles. The number of hydrogen-bond acceptors (Lipinski definition) is 5. The van der Waals surface area contributed by atoms with Crippen LogP contribution in [0.15, 0.2) is 48.5 Å². The molecule has 4 rings (SSSR count). The third-order valence-electron chi connectivity index (χ3n) is 5.95. The summed E-state index contributed by atoms with van der Waals surface area (Å²) in [5, 5.41) is 3.91. The number of amides is 1. The zero-order chi connectivity index (χ0) is 23.2. The van der Waals surface area contributed by atoms with Crippen molar-refractivity contribution in [2.45, 2.75) is 32.1 Å². The molecule has 1 amide bonds. The maximum absolute atomic E-state index is 13.2. The Morgan fingerprint density at radius 2 is 1.82 bits per heavy atom. The van der Waals surface area contributed by atoms with Crippen LogP contribution in [-0.4, -0.2) is 37.6 Å². The molecule has 0 saturated heterocycles. The van der Waals surface area contributed by atoms with E-state index in [1.807, 2.05) is 48.5 Å². The number of allylic oxidation sites excluding steroid dienone is 1. The van der Waals surface area contributed by atoms with Crippen molar-refractivity contribution >= 4 is 34.4 Å². The van der Waals surface area contributed by atoms with Crippen LogP contribution in [0, 0.1) is 0 Å². The van der Waals surface area contributed by atoms with Crippen molar-refractivity contribution in [1.29, 1.82) is 0 Å². The SMILES string of the molecule is COC(=O)CCCCNC(=O)c1c2c(nc3ccccc13)/C(=C\c1ccc(OC)cc1)CC2. The molecule has 0 atom stereocenters. The summed E-state index contributed by atoms with van der Waals surface area (Å²) < 4.78 is 9.92. The molecule has 0 saturated carbocycles. The molecule has 0 bridgehead atoms. The first kappa shape index (κ1) is 22.5. The third-order valence-corrected chi connectivity index (χ3v) is 5.95. The van der Waals surface area contributed by atoms with Crippen molar-refractivity contribution in [2.24, 2.45) is 0 Å². The van der Waals surface area contributed by atoms with Crippen LogP contribution >= 0.6 is 0 Å². The quantitative estimate of drug-likeness (QED) is 0.399. The fraction of sp³-hybridized carbons (Fsp3) is 0.296. The summed E-state index contributed by atoms with van der Waals surface area (Å²) in [5.41, 5.74) is 5.63. The number of aromatic nitrogens is 1. The first-order chi connectivity index (χ1) is 16.1. The lowest BCUT2D eigenvalue weighted by Crippen LogP contribution is -2.26. The Labute approximate surface area is 193 Å². The number of pyridine rings is 1. The number of nitrogens with one attached hydrogen (secondary N) is 1. The van der Waals surface area contributed by atoms with Crippen molar-refractivity contribution in [3.05, 3.63) is 70.9 Å². The smallest absolute Gasteiger partial charge is 0.305 e. The lowest BCUT2D eigenvalue weighted by molar-refractivity contribution is -0.140. The third kappa shape index (κ3) is 5.06. The number of carbonyl (C=O) groups is 2. The number of unbranched alkanes of at least 4 members (excludes halogenated alkanes) is 1. The van der Waals surface area contributed by atoms with E-state index in [9.17, 15) is 9.59 Å². The van der Waals surface area contributed by atoms with Crippen LogP contribution in [-0.2, 0) is 16.0 Å². The van der Waals surface area contributed by atoms with Crippen molar-refractivity contribution < 1.29 is 19.1 Å². The zero-order valence-corrected chi connectivity index (χ0v) is 19.0. The van der Waals surface area contributed by atoms with Gasteiger partial charge in [-0.1, -0.05) is 30.3 Å². The number of fused-ring (bicyclic) bond motifs is 2. The van der Waals surface area contributed by atoms with E-state index in [2.05, 4.69) is 16.1 Å². The Balaban J connectivity index is 1.60. The van der Waals surface area contributed by atoms with Gasteiger partial charge in [0.15, 0.2) is 0 Å². The molecule has 0 unspecified atom stereocenters. The second kappa shape index (κ2) is 10.3. The molecular formula is C27H28N2O4. The van der Waals surface area contributed by atoms with Gasteiger partial charge >= 0.3 is 5.97 Å². The fourth-order valence-electron chi connectivity index (χ4n) is 4.23. The van der Waals surface area contributed by atoms with Crippen LogP contribution < -0.4 is 10.1 Å². The molecular weight excluding hydrogens is 416 g/mol. The van der Waals surface area contributed by atoms with Gasteiger partial charge in [-0.15, -0.1) is 0 Å². The fourth-order valence-corrected chi connectivity index (χ4v) is 4.23. The zero-order valence-electron chi connectivity index (χ0n) is 19.0. The van der Waals surface area contributed by atoms with Crippen molar-refractivity contribution in [3.8, 4) is 5.75 Å². The van der Waals surface area contributed by atoms with E-state index in [4.69, 9.17) is 9.72 Å². The van der Waals surface area contributed by atoms with Crippen LogP contribution in [0.1, 0.15) is 52.9 Å². The molecule has 6 heteroatoms. The summed E-state index contributed by atoms with van der Waals surface area (Å²) in [4.78, 5) is 29.4. The van der Waals surface area contributed by atoms with Gasteiger partial charge in [0.2, 0.25) is 0 Å². The van der Waals surface area contributed by atoms with Crippen LogP contribution in [0.5, 0.6) is 5.75 Å². The van der Waals surface area contributed by atoms with Gasteiger partial charge < -0.3 is 14.8 Å². The highest BCUT2D eigenvalue weighted by molar-refractivity contribution is 6.09. The maximum Gasteiger partial charge on any atom is 0.305 e. The molecule has 33 heavy (non-hydrogen) atoms. The predicted octanol–water partition coefficient (Wildman–Crippen LogP) is 4.80. The predicted molar refractivity (Wildman–Crippen MR) is 129 cm³/mol. The molecule has 2 aromatic carbocycles. The Bertz CT molecular complexity index is 1200. The minimum absolute atomic E-state index is 0.0892. The lowest BCUT2D eigenvalue weighted by Gasteiger charge is -2.13. The molecule has 1 heterocycles. The monoisotopic (exact) mass is 444 g/mol. The number of para-hydroxylation sites is 1. The molecule has 0 fully saturated rings. The van der Waals surface area contributed by atoms with Crippen LogP contribution in [0.4, 0.5) is 0 Å². The van der Waals surface area contributed by atoms with Gasteiger partial charge in [-0.2, -0.15) is 0 Å².